The van der Waals surface area contributed by atoms with Crippen LogP contribution in [0.4, 0.5) is 17.2 Å². The van der Waals surface area contributed by atoms with Crippen LogP contribution in [-0.2, 0) is 0 Å². The molecule has 0 radical (unpaired) electrons. The number of nitrogens with one attached hydrogen (secondary N) is 2. The van der Waals surface area contributed by atoms with Gasteiger partial charge in [0.2, 0.25) is 0 Å². The number of aromatic nitrogens is 2. The Morgan fingerprint density at radius 1 is 1.00 bits per heavy atom. The molecule has 7 heteroatoms. The van der Waals surface area contributed by atoms with Crippen LogP contribution >= 0.6 is 0 Å². The van der Waals surface area contributed by atoms with Gasteiger partial charge in [0, 0.05) is 0 Å². The first-order valence-corrected chi connectivity index (χ1v) is 9.27. The first-order chi connectivity index (χ1) is 14.0. The van der Waals surface area contributed by atoms with Crippen molar-refractivity contribution in [1.82, 2.24) is 9.97 Å². The number of carbonyl (C=O) groups excluding carboxylic acids is 1. The highest BCUT2D eigenvalue weighted by molar-refractivity contribution is 6.03. The SMILES string of the molecule is COc1ccc(C)cc1Nc1cnc(C(=O)Nc2ccccc2OC(C)C)cn1. The summed E-state index contributed by atoms with van der Waals surface area (Å²) in [6.45, 7) is 5.85. The van der Waals surface area contributed by atoms with Crippen LogP contribution in [-0.4, -0.2) is 29.1 Å². The summed E-state index contributed by atoms with van der Waals surface area (Å²) in [4.78, 5) is 21.1. The Bertz CT molecular complexity index is 988. The minimum Gasteiger partial charge on any atom is -0.495 e. The van der Waals surface area contributed by atoms with Gasteiger partial charge in [0.15, 0.2) is 0 Å². The number of amides is 1. The number of carbonyl (C=O) groups is 1. The average Bonchev–Trinajstić information content (AvgIpc) is 2.70. The fraction of sp³-hybridized carbons (Fsp3) is 0.227. The second-order valence-corrected chi connectivity index (χ2v) is 6.73. The van der Waals surface area contributed by atoms with E-state index in [0.29, 0.717) is 23.0 Å². The van der Waals surface area contributed by atoms with E-state index in [1.807, 2.05) is 57.2 Å². The molecule has 0 spiro atoms. The number of nitrogens with zero attached hydrogens (tertiary/aromatic N) is 2. The van der Waals surface area contributed by atoms with Gasteiger partial charge in [-0.3, -0.25) is 4.79 Å². The van der Waals surface area contributed by atoms with Crippen LogP contribution in [0.3, 0.4) is 0 Å². The fourth-order valence-electron chi connectivity index (χ4n) is 2.68. The molecule has 29 heavy (non-hydrogen) atoms. The molecule has 0 aliphatic carbocycles. The van der Waals surface area contributed by atoms with Crippen molar-refractivity contribution in [3.05, 3.63) is 66.1 Å². The number of aryl methyl sites for hydroxylation is 1. The smallest absolute Gasteiger partial charge is 0.275 e. The van der Waals surface area contributed by atoms with Gasteiger partial charge in [-0.1, -0.05) is 18.2 Å². The summed E-state index contributed by atoms with van der Waals surface area (Å²) in [5, 5.41) is 5.98. The van der Waals surface area contributed by atoms with Gasteiger partial charge in [-0.2, -0.15) is 0 Å². The van der Waals surface area contributed by atoms with Crippen molar-refractivity contribution < 1.29 is 14.3 Å². The lowest BCUT2D eigenvalue weighted by atomic mass is 10.2. The van der Waals surface area contributed by atoms with Gasteiger partial charge in [-0.15, -0.1) is 0 Å². The highest BCUT2D eigenvalue weighted by Crippen LogP contribution is 2.28. The molecule has 0 aliphatic rings. The molecule has 0 atom stereocenters. The molecule has 0 aliphatic heterocycles. The van der Waals surface area contributed by atoms with Crippen LogP contribution in [0.5, 0.6) is 11.5 Å². The third-order valence-corrected chi connectivity index (χ3v) is 4.00. The largest absolute Gasteiger partial charge is 0.495 e. The number of para-hydroxylation sites is 2. The summed E-state index contributed by atoms with van der Waals surface area (Å²) < 4.78 is 11.1. The predicted molar refractivity (Wildman–Crippen MR) is 113 cm³/mol. The lowest BCUT2D eigenvalue weighted by Crippen LogP contribution is -2.16. The lowest BCUT2D eigenvalue weighted by molar-refractivity contribution is 0.102. The predicted octanol–water partition coefficient (Wildman–Crippen LogP) is 4.58. The van der Waals surface area contributed by atoms with E-state index in [1.54, 1.807) is 13.2 Å². The van der Waals surface area contributed by atoms with Crippen LogP contribution in [0.25, 0.3) is 0 Å². The minimum absolute atomic E-state index is 0.00295. The van der Waals surface area contributed by atoms with Crippen molar-refractivity contribution in [1.29, 1.82) is 0 Å². The Hall–Kier alpha value is -3.61. The lowest BCUT2D eigenvalue weighted by Gasteiger charge is -2.14. The van der Waals surface area contributed by atoms with Crippen LogP contribution in [0.15, 0.2) is 54.9 Å². The Morgan fingerprint density at radius 3 is 2.48 bits per heavy atom. The van der Waals surface area contributed by atoms with Crippen LogP contribution in [0, 0.1) is 6.92 Å². The fourth-order valence-corrected chi connectivity index (χ4v) is 2.68. The molecule has 1 amide bonds. The van der Waals surface area contributed by atoms with Crippen molar-refractivity contribution >= 4 is 23.1 Å². The Kier molecular flexibility index (Phi) is 6.29. The van der Waals surface area contributed by atoms with Crippen molar-refractivity contribution in [3.63, 3.8) is 0 Å². The topological polar surface area (TPSA) is 85.4 Å². The maximum absolute atomic E-state index is 12.6. The summed E-state index contributed by atoms with van der Waals surface area (Å²) in [6, 6.07) is 13.1. The maximum atomic E-state index is 12.6. The van der Waals surface area contributed by atoms with Gasteiger partial charge in [0.05, 0.1) is 37.0 Å². The molecule has 0 saturated carbocycles. The van der Waals surface area contributed by atoms with Gasteiger partial charge in [-0.05, 0) is 50.6 Å². The van der Waals surface area contributed by atoms with E-state index in [4.69, 9.17) is 9.47 Å². The third kappa shape index (κ3) is 5.22. The number of hydrogen-bond donors (Lipinski definition) is 2. The molecule has 0 saturated heterocycles. The summed E-state index contributed by atoms with van der Waals surface area (Å²) in [6.07, 6.45) is 2.93. The van der Waals surface area contributed by atoms with Gasteiger partial charge < -0.3 is 20.1 Å². The van der Waals surface area contributed by atoms with Crippen molar-refractivity contribution in [3.8, 4) is 11.5 Å². The molecule has 0 fully saturated rings. The minimum atomic E-state index is -0.364. The maximum Gasteiger partial charge on any atom is 0.275 e. The van der Waals surface area contributed by atoms with E-state index in [9.17, 15) is 4.79 Å². The Morgan fingerprint density at radius 2 is 1.79 bits per heavy atom. The highest BCUT2D eigenvalue weighted by atomic mass is 16.5. The van der Waals surface area contributed by atoms with Crippen molar-refractivity contribution in [2.24, 2.45) is 0 Å². The second kappa shape index (κ2) is 9.05. The molecule has 150 valence electrons. The van der Waals surface area contributed by atoms with E-state index in [0.717, 1.165) is 11.3 Å². The monoisotopic (exact) mass is 392 g/mol. The Labute approximate surface area is 170 Å². The summed E-state index contributed by atoms with van der Waals surface area (Å²) >= 11 is 0. The van der Waals surface area contributed by atoms with Crippen LogP contribution in [0.1, 0.15) is 29.9 Å². The molecule has 2 aromatic carbocycles. The zero-order valence-electron chi connectivity index (χ0n) is 16.9. The molecule has 0 bridgehead atoms. The first-order valence-electron chi connectivity index (χ1n) is 9.27. The molecule has 3 rings (SSSR count). The quantitative estimate of drug-likeness (QED) is 0.612. The van der Waals surface area contributed by atoms with Gasteiger partial charge in [0.1, 0.15) is 23.0 Å². The number of benzene rings is 2. The number of anilines is 3. The number of hydrogen-bond acceptors (Lipinski definition) is 6. The average molecular weight is 392 g/mol. The normalized spacial score (nSPS) is 10.5. The van der Waals surface area contributed by atoms with E-state index < -0.39 is 0 Å². The van der Waals surface area contributed by atoms with E-state index in [2.05, 4.69) is 20.6 Å². The van der Waals surface area contributed by atoms with Crippen LogP contribution in [0.2, 0.25) is 0 Å². The molecular weight excluding hydrogens is 368 g/mol. The molecule has 1 heterocycles. The first kappa shape index (κ1) is 20.1. The molecule has 1 aromatic heterocycles. The standard InChI is InChI=1S/C22H24N4O3/c1-14(2)29-20-8-6-5-7-16(20)26-22(27)18-12-24-21(13-23-18)25-17-11-15(3)9-10-19(17)28-4/h5-14H,1-4H3,(H,24,25)(H,26,27). The van der Waals surface area contributed by atoms with E-state index in [1.165, 1.54) is 12.4 Å². The summed E-state index contributed by atoms with van der Waals surface area (Å²) in [5.41, 5.74) is 2.64. The summed E-state index contributed by atoms with van der Waals surface area (Å²) in [5.74, 6) is 1.45. The third-order valence-electron chi connectivity index (χ3n) is 4.00. The zero-order valence-corrected chi connectivity index (χ0v) is 16.9. The molecular formula is C22H24N4O3. The number of rotatable bonds is 7. The number of ether oxygens (including phenoxy) is 2. The van der Waals surface area contributed by atoms with Gasteiger partial charge in [0.25, 0.3) is 5.91 Å². The molecule has 7 nitrogen and oxygen atoms in total. The highest BCUT2D eigenvalue weighted by Gasteiger charge is 2.13. The molecule has 2 N–H and O–H groups in total. The number of methoxy groups -OCH3 is 1. The molecule has 0 unspecified atom stereocenters. The summed E-state index contributed by atoms with van der Waals surface area (Å²) in [7, 11) is 1.61. The van der Waals surface area contributed by atoms with Gasteiger partial charge >= 0.3 is 0 Å². The molecule has 3 aromatic rings. The van der Waals surface area contributed by atoms with Crippen molar-refractivity contribution in [2.45, 2.75) is 26.9 Å². The zero-order chi connectivity index (χ0) is 20.8. The van der Waals surface area contributed by atoms with Crippen LogP contribution < -0.4 is 20.1 Å². The van der Waals surface area contributed by atoms with E-state index in [-0.39, 0.29) is 17.7 Å². The van der Waals surface area contributed by atoms with Crippen molar-refractivity contribution in [2.75, 3.05) is 17.7 Å². The Balaban J connectivity index is 1.72. The second-order valence-electron chi connectivity index (χ2n) is 6.73. The van der Waals surface area contributed by atoms with E-state index >= 15 is 0 Å². The van der Waals surface area contributed by atoms with Gasteiger partial charge in [-0.25, -0.2) is 9.97 Å².